The van der Waals surface area contributed by atoms with Gasteiger partial charge in [-0.1, -0.05) is 13.8 Å². The van der Waals surface area contributed by atoms with Gasteiger partial charge in [0.15, 0.2) is 0 Å². The highest BCUT2D eigenvalue weighted by Gasteiger charge is 2.09. The lowest BCUT2D eigenvalue weighted by Gasteiger charge is -2.13. The Morgan fingerprint density at radius 3 is 2.75 bits per heavy atom. The first-order valence-electron chi connectivity index (χ1n) is 7.52. The minimum absolute atomic E-state index is 0.374. The van der Waals surface area contributed by atoms with Gasteiger partial charge >= 0.3 is 0 Å². The second kappa shape index (κ2) is 7.29. The molecule has 0 saturated carbocycles. The third-order valence-corrected chi connectivity index (χ3v) is 3.70. The summed E-state index contributed by atoms with van der Waals surface area (Å²) in [6.45, 7) is 7.38. The molecule has 4 heteroatoms. The third kappa shape index (κ3) is 3.97. The summed E-state index contributed by atoms with van der Waals surface area (Å²) in [6, 6.07) is 6.94. The molecule has 2 heterocycles. The molecule has 0 aliphatic rings. The van der Waals surface area contributed by atoms with Crippen molar-refractivity contribution in [2.75, 3.05) is 0 Å². The van der Waals surface area contributed by atoms with E-state index in [1.165, 1.54) is 0 Å². The van der Waals surface area contributed by atoms with Crippen molar-refractivity contribution in [3.05, 3.63) is 42.1 Å². The van der Waals surface area contributed by atoms with Gasteiger partial charge in [-0.15, -0.1) is 0 Å². The van der Waals surface area contributed by atoms with Crippen LogP contribution < -0.4 is 5.32 Å². The Morgan fingerprint density at radius 1 is 1.30 bits per heavy atom. The van der Waals surface area contributed by atoms with Crippen LogP contribution in [0.3, 0.4) is 0 Å². The number of nitrogens with zero attached hydrogens (tertiary/aromatic N) is 2. The maximum absolute atomic E-state index is 5.36. The van der Waals surface area contributed by atoms with Gasteiger partial charge in [-0.2, -0.15) is 5.10 Å². The fraction of sp³-hybridized carbons (Fsp3) is 0.562. The van der Waals surface area contributed by atoms with Crippen molar-refractivity contribution >= 4 is 0 Å². The monoisotopic (exact) mass is 275 g/mol. The van der Waals surface area contributed by atoms with Gasteiger partial charge in [0.2, 0.25) is 0 Å². The van der Waals surface area contributed by atoms with E-state index in [9.17, 15) is 0 Å². The van der Waals surface area contributed by atoms with Crippen LogP contribution in [0, 0.1) is 0 Å². The van der Waals surface area contributed by atoms with Crippen LogP contribution in [0.25, 0.3) is 0 Å². The predicted octanol–water partition coefficient (Wildman–Crippen LogP) is 3.56. The number of rotatable bonds is 8. The Hall–Kier alpha value is -1.55. The molecule has 0 spiro atoms. The van der Waals surface area contributed by atoms with Crippen molar-refractivity contribution in [1.29, 1.82) is 0 Å². The highest BCUT2D eigenvalue weighted by molar-refractivity contribution is 5.02. The third-order valence-electron chi connectivity index (χ3n) is 3.70. The van der Waals surface area contributed by atoms with Crippen LogP contribution in [0.5, 0.6) is 0 Å². The smallest absolute Gasteiger partial charge is 0.105 e. The van der Waals surface area contributed by atoms with E-state index in [0.29, 0.717) is 12.1 Å². The topological polar surface area (TPSA) is 43.0 Å². The van der Waals surface area contributed by atoms with Crippen LogP contribution in [0.2, 0.25) is 0 Å². The van der Waals surface area contributed by atoms with Crippen LogP contribution in [-0.4, -0.2) is 15.8 Å². The van der Waals surface area contributed by atoms with Crippen LogP contribution >= 0.6 is 0 Å². The molecular formula is C16H25N3O. The molecular weight excluding hydrogens is 250 g/mol. The minimum atomic E-state index is 0.374. The van der Waals surface area contributed by atoms with Crippen molar-refractivity contribution in [3.8, 4) is 0 Å². The molecule has 0 aliphatic heterocycles. The number of furan rings is 1. The van der Waals surface area contributed by atoms with Gasteiger partial charge in [-0.25, -0.2) is 0 Å². The molecule has 4 nitrogen and oxygen atoms in total. The molecule has 0 radical (unpaired) electrons. The number of hydrogen-bond acceptors (Lipinski definition) is 3. The van der Waals surface area contributed by atoms with Crippen LogP contribution in [0.4, 0.5) is 0 Å². The maximum Gasteiger partial charge on any atom is 0.105 e. The van der Waals surface area contributed by atoms with Crippen molar-refractivity contribution < 1.29 is 4.42 Å². The second-order valence-electron chi connectivity index (χ2n) is 5.32. The molecule has 0 bridgehead atoms. The summed E-state index contributed by atoms with van der Waals surface area (Å²) >= 11 is 0. The molecule has 1 unspecified atom stereocenters. The number of hydrogen-bond donors (Lipinski definition) is 1. The average molecular weight is 275 g/mol. The zero-order chi connectivity index (χ0) is 14.4. The number of nitrogens with one attached hydrogen (secondary N) is 1. The summed E-state index contributed by atoms with van der Waals surface area (Å²) < 4.78 is 7.45. The Balaban J connectivity index is 1.81. The summed E-state index contributed by atoms with van der Waals surface area (Å²) in [5.41, 5.74) is 1.10. The lowest BCUT2D eigenvalue weighted by Crippen LogP contribution is -2.27. The van der Waals surface area contributed by atoms with Gasteiger partial charge in [0.05, 0.1) is 18.0 Å². The first-order valence-corrected chi connectivity index (χ1v) is 7.52. The van der Waals surface area contributed by atoms with E-state index >= 15 is 0 Å². The largest absolute Gasteiger partial charge is 0.469 e. The molecule has 2 aromatic rings. The van der Waals surface area contributed by atoms with Crippen molar-refractivity contribution in [2.45, 2.75) is 58.7 Å². The molecule has 1 N–H and O–H groups in total. The molecule has 20 heavy (non-hydrogen) atoms. The Bertz CT molecular complexity index is 486. The summed E-state index contributed by atoms with van der Waals surface area (Å²) in [5, 5.41) is 8.14. The zero-order valence-electron chi connectivity index (χ0n) is 12.7. The first-order chi connectivity index (χ1) is 9.72. The first kappa shape index (κ1) is 14.9. The highest BCUT2D eigenvalue weighted by atomic mass is 16.3. The maximum atomic E-state index is 5.36. The van der Waals surface area contributed by atoms with Gasteiger partial charge in [-0.05, 0) is 38.0 Å². The summed E-state index contributed by atoms with van der Waals surface area (Å²) in [5.74, 6) is 1.02. The molecule has 2 rings (SSSR count). The van der Waals surface area contributed by atoms with Gasteiger partial charge < -0.3 is 9.73 Å². The van der Waals surface area contributed by atoms with E-state index in [4.69, 9.17) is 4.42 Å². The Kier molecular flexibility index (Phi) is 5.41. The van der Waals surface area contributed by atoms with Crippen molar-refractivity contribution in [1.82, 2.24) is 15.1 Å². The van der Waals surface area contributed by atoms with E-state index in [0.717, 1.165) is 37.3 Å². The second-order valence-corrected chi connectivity index (χ2v) is 5.32. The number of aromatic nitrogens is 2. The Morgan fingerprint density at radius 2 is 2.10 bits per heavy atom. The molecule has 0 amide bonds. The lowest BCUT2D eigenvalue weighted by atomic mass is 10.2. The van der Waals surface area contributed by atoms with Gasteiger partial charge in [0.25, 0.3) is 0 Å². The van der Waals surface area contributed by atoms with Crippen LogP contribution in [0.15, 0.2) is 35.1 Å². The SMILES string of the molecule is CCC(CC)n1ccc(CNC(C)Cc2ccco2)n1. The quantitative estimate of drug-likeness (QED) is 0.801. The van der Waals surface area contributed by atoms with Crippen molar-refractivity contribution in [2.24, 2.45) is 0 Å². The average Bonchev–Trinajstić information content (AvgIpc) is 3.10. The standard InChI is InChI=1S/C16H25N3O/c1-4-15(5-2)19-9-8-14(18-19)12-17-13(3)11-16-7-6-10-20-16/h6-10,13,15,17H,4-5,11-12H2,1-3H3. The molecule has 0 aromatic carbocycles. The van der Waals surface area contributed by atoms with E-state index in [1.807, 2.05) is 12.1 Å². The summed E-state index contributed by atoms with van der Waals surface area (Å²) in [4.78, 5) is 0. The van der Waals surface area contributed by atoms with Crippen LogP contribution in [0.1, 0.15) is 51.1 Å². The lowest BCUT2D eigenvalue weighted by molar-refractivity contribution is 0.420. The fourth-order valence-corrected chi connectivity index (χ4v) is 2.42. The van der Waals surface area contributed by atoms with E-state index < -0.39 is 0 Å². The van der Waals surface area contributed by atoms with E-state index in [2.05, 4.69) is 48.1 Å². The molecule has 0 saturated heterocycles. The molecule has 0 aliphatic carbocycles. The van der Waals surface area contributed by atoms with Gasteiger partial charge in [0, 0.05) is 25.2 Å². The van der Waals surface area contributed by atoms with E-state index in [1.54, 1.807) is 6.26 Å². The van der Waals surface area contributed by atoms with Crippen molar-refractivity contribution in [3.63, 3.8) is 0 Å². The summed E-state index contributed by atoms with van der Waals surface area (Å²) in [6.07, 6.45) is 6.96. The molecule has 2 aromatic heterocycles. The molecule has 110 valence electrons. The normalized spacial score (nSPS) is 13.0. The minimum Gasteiger partial charge on any atom is -0.469 e. The Labute approximate surface area is 121 Å². The van der Waals surface area contributed by atoms with Gasteiger partial charge in [0.1, 0.15) is 5.76 Å². The molecule has 0 fully saturated rings. The summed E-state index contributed by atoms with van der Waals surface area (Å²) in [7, 11) is 0. The zero-order valence-corrected chi connectivity index (χ0v) is 12.7. The highest BCUT2D eigenvalue weighted by Crippen LogP contribution is 2.14. The predicted molar refractivity (Wildman–Crippen MR) is 80.6 cm³/mol. The fourth-order valence-electron chi connectivity index (χ4n) is 2.42. The molecule has 1 atom stereocenters. The van der Waals surface area contributed by atoms with E-state index in [-0.39, 0.29) is 0 Å². The van der Waals surface area contributed by atoms with Crippen LogP contribution in [-0.2, 0) is 13.0 Å². The van der Waals surface area contributed by atoms with Gasteiger partial charge in [-0.3, -0.25) is 4.68 Å².